The summed E-state index contributed by atoms with van der Waals surface area (Å²) in [4.78, 5) is 12.2. The van der Waals surface area contributed by atoms with E-state index < -0.39 is 15.6 Å². The van der Waals surface area contributed by atoms with Crippen LogP contribution in [0.4, 0.5) is 0 Å². The molecule has 0 unspecified atom stereocenters. The third-order valence-corrected chi connectivity index (χ3v) is 6.95. The van der Waals surface area contributed by atoms with Gasteiger partial charge in [0.2, 0.25) is 10.0 Å². The molecule has 130 valence electrons. The van der Waals surface area contributed by atoms with Crippen molar-refractivity contribution in [1.82, 2.24) is 4.31 Å². The van der Waals surface area contributed by atoms with Gasteiger partial charge in [0.15, 0.2) is 5.60 Å². The van der Waals surface area contributed by atoms with Gasteiger partial charge < -0.3 is 4.74 Å². The zero-order valence-electron chi connectivity index (χ0n) is 13.9. The Bertz CT molecular complexity index is 908. The lowest BCUT2D eigenvalue weighted by Gasteiger charge is -2.28. The molecule has 0 spiro atoms. The number of fused-ring (bicyclic) bond motifs is 1. The molecular weight excluding hydrogens is 338 g/mol. The average molecular weight is 357 g/mol. The first-order chi connectivity index (χ1) is 11.9. The Labute approximate surface area is 147 Å². The first kappa shape index (κ1) is 16.3. The van der Waals surface area contributed by atoms with E-state index in [1.54, 1.807) is 24.3 Å². The van der Waals surface area contributed by atoms with Crippen LogP contribution in [0.5, 0.6) is 0 Å². The SMILES string of the molecule is Cc1ccc(S(=O)(=O)N2C[C@H]3CC(=O)O[C@@]3(c3ccccc3)C2)cc1. The van der Waals surface area contributed by atoms with Crippen LogP contribution in [0.2, 0.25) is 0 Å². The zero-order valence-corrected chi connectivity index (χ0v) is 14.7. The van der Waals surface area contributed by atoms with Crippen molar-refractivity contribution in [2.24, 2.45) is 5.92 Å². The Kier molecular flexibility index (Phi) is 3.70. The van der Waals surface area contributed by atoms with Crippen LogP contribution in [0, 0.1) is 12.8 Å². The van der Waals surface area contributed by atoms with Gasteiger partial charge in [0.25, 0.3) is 0 Å². The normalized spacial score (nSPS) is 26.4. The fourth-order valence-electron chi connectivity index (χ4n) is 3.79. The summed E-state index contributed by atoms with van der Waals surface area (Å²) in [5.41, 5.74) is 0.982. The molecule has 0 bridgehead atoms. The summed E-state index contributed by atoms with van der Waals surface area (Å²) in [6, 6.07) is 16.3. The average Bonchev–Trinajstić information content (AvgIpc) is 3.10. The molecule has 0 aromatic heterocycles. The van der Waals surface area contributed by atoms with Crippen LogP contribution in [0.3, 0.4) is 0 Å². The predicted octanol–water partition coefficient (Wildman–Crippen LogP) is 2.46. The van der Waals surface area contributed by atoms with Gasteiger partial charge in [-0.05, 0) is 24.6 Å². The number of esters is 1. The van der Waals surface area contributed by atoms with E-state index in [9.17, 15) is 13.2 Å². The number of nitrogens with zero attached hydrogens (tertiary/aromatic N) is 1. The van der Waals surface area contributed by atoms with Crippen molar-refractivity contribution in [3.63, 3.8) is 0 Å². The smallest absolute Gasteiger partial charge is 0.307 e. The molecule has 2 atom stereocenters. The lowest BCUT2D eigenvalue weighted by atomic mass is 9.84. The van der Waals surface area contributed by atoms with E-state index in [0.29, 0.717) is 0 Å². The van der Waals surface area contributed by atoms with E-state index in [1.165, 1.54) is 4.31 Å². The van der Waals surface area contributed by atoms with Crippen molar-refractivity contribution in [3.05, 3.63) is 65.7 Å². The maximum atomic E-state index is 13.0. The molecule has 5 nitrogen and oxygen atoms in total. The van der Waals surface area contributed by atoms with Crippen molar-refractivity contribution >= 4 is 16.0 Å². The third kappa shape index (κ3) is 2.56. The van der Waals surface area contributed by atoms with E-state index in [2.05, 4.69) is 0 Å². The van der Waals surface area contributed by atoms with E-state index in [-0.39, 0.29) is 36.3 Å². The number of sulfonamides is 1. The molecule has 6 heteroatoms. The van der Waals surface area contributed by atoms with Crippen LogP contribution in [0.25, 0.3) is 0 Å². The Morgan fingerprint density at radius 3 is 2.44 bits per heavy atom. The van der Waals surface area contributed by atoms with E-state index >= 15 is 0 Å². The lowest BCUT2D eigenvalue weighted by molar-refractivity contribution is -0.149. The van der Waals surface area contributed by atoms with Gasteiger partial charge >= 0.3 is 5.97 Å². The fourth-order valence-corrected chi connectivity index (χ4v) is 5.30. The van der Waals surface area contributed by atoms with Gasteiger partial charge in [0.1, 0.15) is 0 Å². The highest BCUT2D eigenvalue weighted by atomic mass is 32.2. The molecule has 0 amide bonds. The highest BCUT2D eigenvalue weighted by molar-refractivity contribution is 7.89. The van der Waals surface area contributed by atoms with E-state index in [0.717, 1.165) is 11.1 Å². The number of aryl methyl sites for hydroxylation is 1. The van der Waals surface area contributed by atoms with E-state index in [4.69, 9.17) is 4.74 Å². The zero-order chi connectivity index (χ0) is 17.7. The van der Waals surface area contributed by atoms with Gasteiger partial charge in [-0.25, -0.2) is 8.42 Å². The molecule has 2 aromatic rings. The summed E-state index contributed by atoms with van der Waals surface area (Å²) in [5, 5.41) is 0. The van der Waals surface area contributed by atoms with Crippen LogP contribution in [-0.4, -0.2) is 31.8 Å². The van der Waals surface area contributed by atoms with Crippen molar-refractivity contribution in [2.45, 2.75) is 23.8 Å². The Balaban J connectivity index is 1.71. The van der Waals surface area contributed by atoms with Gasteiger partial charge in [-0.2, -0.15) is 4.31 Å². The van der Waals surface area contributed by atoms with Crippen molar-refractivity contribution < 1.29 is 17.9 Å². The summed E-state index contributed by atoms with van der Waals surface area (Å²) < 4.78 is 33.2. The van der Waals surface area contributed by atoms with Crippen LogP contribution in [0.1, 0.15) is 17.5 Å². The number of hydrogen-bond donors (Lipinski definition) is 0. The summed E-state index contributed by atoms with van der Waals surface area (Å²) in [6.45, 7) is 2.36. The molecule has 4 rings (SSSR count). The number of carbonyl (C=O) groups excluding carboxylic acids is 1. The van der Waals surface area contributed by atoms with Gasteiger partial charge in [0.05, 0.1) is 17.9 Å². The molecule has 0 saturated carbocycles. The Morgan fingerprint density at radius 1 is 1.08 bits per heavy atom. The van der Waals surface area contributed by atoms with Crippen molar-refractivity contribution in [3.8, 4) is 0 Å². The first-order valence-electron chi connectivity index (χ1n) is 8.26. The summed E-state index contributed by atoms with van der Waals surface area (Å²) in [7, 11) is -3.62. The maximum absolute atomic E-state index is 13.0. The predicted molar refractivity (Wildman–Crippen MR) is 92.3 cm³/mol. The van der Waals surface area contributed by atoms with Crippen LogP contribution >= 0.6 is 0 Å². The highest BCUT2D eigenvalue weighted by Gasteiger charge is 2.58. The molecule has 2 heterocycles. The second-order valence-corrected chi connectivity index (χ2v) is 8.68. The molecule has 2 fully saturated rings. The summed E-state index contributed by atoms with van der Waals surface area (Å²) in [6.07, 6.45) is 0.245. The molecule has 2 saturated heterocycles. The number of benzene rings is 2. The first-order valence-corrected chi connectivity index (χ1v) is 9.70. The highest BCUT2D eigenvalue weighted by Crippen LogP contribution is 2.48. The second-order valence-electron chi connectivity index (χ2n) is 6.74. The summed E-state index contributed by atoms with van der Waals surface area (Å²) in [5.74, 6) is -0.427. The van der Waals surface area contributed by atoms with Gasteiger partial charge in [-0.3, -0.25) is 4.79 Å². The second kappa shape index (κ2) is 5.68. The maximum Gasteiger partial charge on any atom is 0.307 e. The van der Waals surface area contributed by atoms with Gasteiger partial charge in [-0.15, -0.1) is 0 Å². The van der Waals surface area contributed by atoms with Crippen LogP contribution < -0.4 is 0 Å². The summed E-state index contributed by atoms with van der Waals surface area (Å²) >= 11 is 0. The van der Waals surface area contributed by atoms with Gasteiger partial charge in [-0.1, -0.05) is 48.0 Å². The topological polar surface area (TPSA) is 63.7 Å². The quantitative estimate of drug-likeness (QED) is 0.792. The largest absolute Gasteiger partial charge is 0.452 e. The number of ether oxygens (including phenoxy) is 1. The standard InChI is InChI=1S/C19H19NO4S/c1-14-7-9-17(10-8-14)25(22,23)20-12-16-11-18(21)24-19(16,13-20)15-5-3-2-4-6-15/h2-10,16H,11-13H2,1H3/t16-,19-/m1/s1. The molecule has 0 radical (unpaired) electrons. The number of carbonyl (C=O) groups is 1. The minimum atomic E-state index is -3.62. The molecule has 2 aliphatic heterocycles. The van der Waals surface area contributed by atoms with Crippen molar-refractivity contribution in [2.75, 3.05) is 13.1 Å². The monoisotopic (exact) mass is 357 g/mol. The van der Waals surface area contributed by atoms with Crippen LogP contribution in [0.15, 0.2) is 59.5 Å². The molecule has 0 N–H and O–H groups in total. The Morgan fingerprint density at radius 2 is 1.76 bits per heavy atom. The number of hydrogen-bond acceptors (Lipinski definition) is 4. The third-order valence-electron chi connectivity index (χ3n) is 5.12. The van der Waals surface area contributed by atoms with Crippen molar-refractivity contribution in [1.29, 1.82) is 0 Å². The van der Waals surface area contributed by atoms with Gasteiger partial charge in [0, 0.05) is 12.5 Å². The number of rotatable bonds is 3. The van der Waals surface area contributed by atoms with E-state index in [1.807, 2.05) is 37.3 Å². The lowest BCUT2D eigenvalue weighted by Crippen LogP contribution is -2.36. The minimum absolute atomic E-state index is 0.156. The molecular formula is C19H19NO4S. The van der Waals surface area contributed by atoms with Crippen LogP contribution in [-0.2, 0) is 25.2 Å². The fraction of sp³-hybridized carbons (Fsp3) is 0.316. The Hall–Kier alpha value is -2.18. The molecule has 2 aliphatic rings. The molecule has 0 aliphatic carbocycles. The molecule has 2 aromatic carbocycles. The molecule has 25 heavy (non-hydrogen) atoms. The minimum Gasteiger partial charge on any atom is -0.452 e.